The summed E-state index contributed by atoms with van der Waals surface area (Å²) < 4.78 is 22.6. The highest BCUT2D eigenvalue weighted by Crippen LogP contribution is 2.56. The summed E-state index contributed by atoms with van der Waals surface area (Å²) in [5, 5.41) is 0. The first-order valence-corrected chi connectivity index (χ1v) is 7.88. The summed E-state index contributed by atoms with van der Waals surface area (Å²) in [6.45, 7) is 7.16. The molecule has 18 heavy (non-hydrogen) atoms. The van der Waals surface area contributed by atoms with Gasteiger partial charge in [-0.15, -0.1) is 0 Å². The minimum atomic E-state index is -3.79. The van der Waals surface area contributed by atoms with Gasteiger partial charge >= 0.3 is 7.60 Å². The number of hydrogen-bond donors (Lipinski definition) is 0. The molecular weight excluding hydrogens is 255 g/mol. The van der Waals surface area contributed by atoms with Gasteiger partial charge in [0, 0.05) is 11.8 Å². The van der Waals surface area contributed by atoms with Crippen LogP contribution in [0.2, 0.25) is 0 Å². The van der Waals surface area contributed by atoms with Crippen LogP contribution in [0.1, 0.15) is 47.0 Å². The van der Waals surface area contributed by atoms with Crippen LogP contribution in [0.4, 0.5) is 0 Å². The molecule has 0 saturated carbocycles. The zero-order valence-corrected chi connectivity index (χ0v) is 12.5. The van der Waals surface area contributed by atoms with Crippen molar-refractivity contribution < 1.29 is 23.2 Å². The molecule has 0 saturated heterocycles. The Morgan fingerprint density at radius 2 is 1.56 bits per heavy atom. The molecule has 6 heteroatoms. The Balaban J connectivity index is 5.37. The summed E-state index contributed by atoms with van der Waals surface area (Å²) >= 11 is 0. The lowest BCUT2D eigenvalue weighted by atomic mass is 9.81. The van der Waals surface area contributed by atoms with Gasteiger partial charge in [-0.25, -0.2) is 0 Å². The molecule has 0 heterocycles. The van der Waals surface area contributed by atoms with E-state index in [4.69, 9.17) is 9.05 Å². The second-order valence-electron chi connectivity index (χ2n) is 4.00. The summed E-state index contributed by atoms with van der Waals surface area (Å²) in [5.41, 5.74) is -1.52. The highest BCUT2D eigenvalue weighted by molar-refractivity contribution is 7.72. The third kappa shape index (κ3) is 3.74. The minimum absolute atomic E-state index is 0.0446. The molecule has 0 aliphatic heterocycles. The monoisotopic (exact) mass is 278 g/mol. The second-order valence-corrected chi connectivity index (χ2v) is 5.91. The summed E-state index contributed by atoms with van der Waals surface area (Å²) in [6, 6.07) is 0. The third-order valence-corrected chi connectivity index (χ3v) is 5.30. The van der Waals surface area contributed by atoms with Gasteiger partial charge in [0.25, 0.3) is 0 Å². The van der Waals surface area contributed by atoms with E-state index in [0.29, 0.717) is 19.1 Å². The van der Waals surface area contributed by atoms with Crippen LogP contribution in [0, 0.1) is 5.41 Å². The average molecular weight is 278 g/mol. The Labute approximate surface area is 109 Å². The molecule has 0 fully saturated rings. The molecule has 5 nitrogen and oxygen atoms in total. The Morgan fingerprint density at radius 3 is 1.83 bits per heavy atom. The van der Waals surface area contributed by atoms with Gasteiger partial charge in [-0.3, -0.25) is 9.36 Å². The van der Waals surface area contributed by atoms with E-state index in [9.17, 15) is 14.2 Å². The molecule has 0 aromatic heterocycles. The molecule has 106 valence electrons. The smallest absolute Gasteiger partial charge is 0.303 e. The summed E-state index contributed by atoms with van der Waals surface area (Å²) in [6.07, 6.45) is 1.60. The van der Waals surface area contributed by atoms with Crippen molar-refractivity contribution in [2.24, 2.45) is 5.41 Å². The van der Waals surface area contributed by atoms with E-state index in [0.717, 1.165) is 0 Å². The van der Waals surface area contributed by atoms with Crippen LogP contribution < -0.4 is 0 Å². The average Bonchev–Trinajstić information content (AvgIpc) is 2.36. The first kappa shape index (κ1) is 17.5. The van der Waals surface area contributed by atoms with E-state index in [-0.39, 0.29) is 19.6 Å². The van der Waals surface area contributed by atoms with Crippen molar-refractivity contribution in [2.75, 3.05) is 13.2 Å². The van der Waals surface area contributed by atoms with Gasteiger partial charge in [0.1, 0.15) is 6.29 Å². The number of aldehydes is 1. The number of rotatable bonds is 10. The molecule has 0 amide bonds. The first-order chi connectivity index (χ1) is 8.46. The maximum atomic E-state index is 12.4. The van der Waals surface area contributed by atoms with Gasteiger partial charge in [-0.05, 0) is 26.7 Å². The molecule has 0 N–H and O–H groups in total. The van der Waals surface area contributed by atoms with Crippen molar-refractivity contribution in [2.45, 2.75) is 47.0 Å². The van der Waals surface area contributed by atoms with E-state index >= 15 is 0 Å². The lowest BCUT2D eigenvalue weighted by molar-refractivity contribution is -0.126. The van der Waals surface area contributed by atoms with Gasteiger partial charge in [0.15, 0.2) is 0 Å². The van der Waals surface area contributed by atoms with E-state index < -0.39 is 18.5 Å². The normalized spacial score (nSPS) is 12.4. The quantitative estimate of drug-likeness (QED) is 0.453. The fourth-order valence-corrected chi connectivity index (χ4v) is 3.85. The Bertz CT molecular complexity index is 312. The fourth-order valence-electron chi connectivity index (χ4n) is 1.87. The standard InChI is InChI=1S/C12H23O5P/c1-5-12(6-2,9-10-13)11(14)18(15,16-7-3)17-8-4/h10H,5-9H2,1-4H3. The van der Waals surface area contributed by atoms with Gasteiger partial charge in [0.2, 0.25) is 5.52 Å². The van der Waals surface area contributed by atoms with Gasteiger partial charge in [-0.2, -0.15) is 0 Å². The summed E-state index contributed by atoms with van der Waals surface area (Å²) in [7, 11) is -3.79. The zero-order valence-electron chi connectivity index (χ0n) is 11.6. The maximum Gasteiger partial charge on any atom is 0.397 e. The third-order valence-electron chi connectivity index (χ3n) is 3.13. The van der Waals surface area contributed by atoms with Gasteiger partial charge in [0.05, 0.1) is 13.2 Å². The van der Waals surface area contributed by atoms with Crippen molar-refractivity contribution >= 4 is 19.4 Å². The Kier molecular flexibility index (Phi) is 7.60. The van der Waals surface area contributed by atoms with Crippen LogP contribution in [-0.4, -0.2) is 25.0 Å². The maximum absolute atomic E-state index is 12.4. The lowest BCUT2D eigenvalue weighted by Crippen LogP contribution is -2.31. The molecule has 0 aromatic rings. The highest BCUT2D eigenvalue weighted by Gasteiger charge is 2.47. The molecule has 0 unspecified atom stereocenters. The van der Waals surface area contributed by atoms with Crippen LogP contribution in [0.3, 0.4) is 0 Å². The van der Waals surface area contributed by atoms with Crippen LogP contribution in [0.5, 0.6) is 0 Å². The van der Waals surface area contributed by atoms with Crippen molar-refractivity contribution in [3.63, 3.8) is 0 Å². The largest absolute Gasteiger partial charge is 0.397 e. The van der Waals surface area contributed by atoms with Crippen LogP contribution >= 0.6 is 7.60 Å². The van der Waals surface area contributed by atoms with Crippen molar-refractivity contribution in [1.82, 2.24) is 0 Å². The zero-order chi connectivity index (χ0) is 14.2. The molecule has 0 radical (unpaired) electrons. The molecular formula is C12H23O5P. The number of carbonyl (C=O) groups excluding carboxylic acids is 2. The first-order valence-electron chi connectivity index (χ1n) is 6.34. The molecule has 0 bridgehead atoms. The Hall–Kier alpha value is -0.510. The van der Waals surface area contributed by atoms with Crippen molar-refractivity contribution in [3.8, 4) is 0 Å². The molecule has 0 atom stereocenters. The van der Waals surface area contributed by atoms with E-state index in [1.165, 1.54) is 0 Å². The van der Waals surface area contributed by atoms with Crippen LogP contribution in [-0.2, 0) is 23.2 Å². The van der Waals surface area contributed by atoms with Crippen molar-refractivity contribution in [1.29, 1.82) is 0 Å². The van der Waals surface area contributed by atoms with Crippen LogP contribution in [0.15, 0.2) is 0 Å². The van der Waals surface area contributed by atoms with Gasteiger partial charge in [-0.1, -0.05) is 13.8 Å². The molecule has 0 spiro atoms. The van der Waals surface area contributed by atoms with Crippen molar-refractivity contribution in [3.05, 3.63) is 0 Å². The molecule has 0 aliphatic carbocycles. The highest BCUT2D eigenvalue weighted by atomic mass is 31.2. The second kappa shape index (κ2) is 7.82. The molecule has 0 aromatic carbocycles. The lowest BCUT2D eigenvalue weighted by Gasteiger charge is -2.30. The molecule has 0 aliphatic rings. The van der Waals surface area contributed by atoms with E-state index in [2.05, 4.69) is 0 Å². The van der Waals surface area contributed by atoms with Gasteiger partial charge < -0.3 is 13.8 Å². The van der Waals surface area contributed by atoms with E-state index in [1.807, 2.05) is 0 Å². The summed E-state index contributed by atoms with van der Waals surface area (Å²) in [5.74, 6) is 0. The van der Waals surface area contributed by atoms with E-state index in [1.54, 1.807) is 27.7 Å². The fraction of sp³-hybridized carbons (Fsp3) is 0.833. The number of carbonyl (C=O) groups is 2. The van der Waals surface area contributed by atoms with Crippen LogP contribution in [0.25, 0.3) is 0 Å². The predicted molar refractivity (Wildman–Crippen MR) is 69.6 cm³/mol. The SMILES string of the molecule is CCOP(=O)(OCC)C(=O)C(CC)(CC)CC=O. The summed E-state index contributed by atoms with van der Waals surface area (Å²) in [4.78, 5) is 23.2. The molecule has 0 rings (SSSR count). The Morgan fingerprint density at radius 1 is 1.11 bits per heavy atom. The minimum Gasteiger partial charge on any atom is -0.303 e. The predicted octanol–water partition coefficient (Wildman–Crippen LogP) is 3.17. The topological polar surface area (TPSA) is 69.7 Å². The number of hydrogen-bond acceptors (Lipinski definition) is 5.